The summed E-state index contributed by atoms with van der Waals surface area (Å²) in [6.07, 6.45) is 4.24. The molecule has 3 aromatic rings. The maximum atomic E-state index is 12.9. The summed E-state index contributed by atoms with van der Waals surface area (Å²) in [6.45, 7) is 4.69. The van der Waals surface area contributed by atoms with Crippen LogP contribution in [0, 0.1) is 5.41 Å². The maximum Gasteiger partial charge on any atom is 0.261 e. The lowest BCUT2D eigenvalue weighted by Crippen LogP contribution is -2.34. The number of anilines is 2. The van der Waals surface area contributed by atoms with Gasteiger partial charge in [-0.2, -0.15) is 0 Å². The van der Waals surface area contributed by atoms with Crippen LogP contribution in [0.15, 0.2) is 40.8 Å². The molecule has 1 aromatic heterocycles. The average Bonchev–Trinajstić information content (AvgIpc) is 2.76. The third kappa shape index (κ3) is 3.22. The van der Waals surface area contributed by atoms with Crippen LogP contribution in [0.3, 0.4) is 0 Å². The van der Waals surface area contributed by atoms with Gasteiger partial charge in [-0.05, 0) is 74.6 Å². The van der Waals surface area contributed by atoms with Gasteiger partial charge in [-0.3, -0.25) is 10.2 Å². The van der Waals surface area contributed by atoms with Crippen molar-refractivity contribution in [2.45, 2.75) is 32.6 Å². The highest BCUT2D eigenvalue weighted by Crippen LogP contribution is 2.39. The highest BCUT2D eigenvalue weighted by molar-refractivity contribution is 6.05. The van der Waals surface area contributed by atoms with Gasteiger partial charge in [0.2, 0.25) is 5.55 Å². The molecule has 0 bridgehead atoms. The van der Waals surface area contributed by atoms with Crippen molar-refractivity contribution in [3.8, 4) is 5.75 Å². The number of amides is 1. The molecule has 6 heteroatoms. The highest BCUT2D eigenvalue weighted by Gasteiger charge is 2.27. The largest absolute Gasteiger partial charge is 0.494 e. The Bertz CT molecular complexity index is 1180. The van der Waals surface area contributed by atoms with E-state index >= 15 is 0 Å². The van der Waals surface area contributed by atoms with Crippen molar-refractivity contribution >= 4 is 28.3 Å². The summed E-state index contributed by atoms with van der Waals surface area (Å²) in [7, 11) is 0. The van der Waals surface area contributed by atoms with E-state index in [-0.39, 0.29) is 17.0 Å². The van der Waals surface area contributed by atoms with Crippen molar-refractivity contribution in [2.24, 2.45) is 0 Å². The lowest BCUT2D eigenvalue weighted by molar-refractivity contribution is 0.102. The van der Waals surface area contributed by atoms with E-state index in [1.54, 1.807) is 18.2 Å². The van der Waals surface area contributed by atoms with Crippen LogP contribution in [0.5, 0.6) is 5.75 Å². The predicted molar refractivity (Wildman–Crippen MR) is 116 cm³/mol. The standard InChI is InChI=1S/C24H25N3O3/c1-2-29-18-9-7-17(8-10-18)26-24(28)20-14-16-13-15-5-3-11-27-12-4-6-19(21(15)27)22(16)30-23(20)25/h7-10,13-14,25H,2-6,11-12H2,1H3,(H,26,28). The van der Waals surface area contributed by atoms with Gasteiger partial charge in [-0.1, -0.05) is 0 Å². The second-order valence-corrected chi connectivity index (χ2v) is 7.88. The first-order valence-electron chi connectivity index (χ1n) is 10.6. The van der Waals surface area contributed by atoms with Crippen molar-refractivity contribution in [1.82, 2.24) is 0 Å². The molecular weight excluding hydrogens is 378 g/mol. The minimum absolute atomic E-state index is 0.102. The van der Waals surface area contributed by atoms with Crippen LogP contribution < -0.4 is 20.5 Å². The number of nitrogens with zero attached hydrogens (tertiary/aromatic N) is 1. The average molecular weight is 403 g/mol. The molecule has 2 aliphatic rings. The van der Waals surface area contributed by atoms with Gasteiger partial charge in [0, 0.05) is 35.4 Å². The smallest absolute Gasteiger partial charge is 0.261 e. The SMILES string of the molecule is CCOc1ccc(NC(=O)c2cc3cc4c5c(c3oc2=N)CCCN5CCC4)cc1. The molecule has 2 aromatic carbocycles. The Morgan fingerprint density at radius 1 is 1.17 bits per heavy atom. The van der Waals surface area contributed by atoms with Gasteiger partial charge >= 0.3 is 0 Å². The fourth-order valence-electron chi connectivity index (χ4n) is 4.63. The molecule has 0 atom stereocenters. The number of fused-ring (bicyclic) bond motifs is 2. The Morgan fingerprint density at radius 2 is 1.93 bits per heavy atom. The van der Waals surface area contributed by atoms with Crippen molar-refractivity contribution in [1.29, 1.82) is 5.41 Å². The fraction of sp³-hybridized carbons (Fsp3) is 0.333. The summed E-state index contributed by atoms with van der Waals surface area (Å²) in [5.41, 5.74) is 5.37. The number of ether oxygens (including phenoxy) is 1. The van der Waals surface area contributed by atoms with Crippen molar-refractivity contribution < 1.29 is 13.9 Å². The van der Waals surface area contributed by atoms with Gasteiger partial charge in [0.25, 0.3) is 5.91 Å². The Morgan fingerprint density at radius 3 is 2.70 bits per heavy atom. The van der Waals surface area contributed by atoms with Crippen LogP contribution in [-0.4, -0.2) is 25.6 Å². The second-order valence-electron chi connectivity index (χ2n) is 7.88. The Labute approximate surface area is 175 Å². The molecule has 0 spiro atoms. The first-order chi connectivity index (χ1) is 14.6. The quantitative estimate of drug-likeness (QED) is 0.682. The lowest BCUT2D eigenvalue weighted by Gasteiger charge is -2.37. The third-order valence-electron chi connectivity index (χ3n) is 5.92. The molecule has 3 heterocycles. The van der Waals surface area contributed by atoms with Gasteiger partial charge in [0.1, 0.15) is 16.9 Å². The third-order valence-corrected chi connectivity index (χ3v) is 5.92. The van der Waals surface area contributed by atoms with Gasteiger partial charge in [-0.25, -0.2) is 0 Å². The lowest BCUT2D eigenvalue weighted by atomic mass is 9.90. The molecule has 1 amide bonds. The predicted octanol–water partition coefficient (Wildman–Crippen LogP) is 4.26. The molecule has 0 fully saturated rings. The highest BCUT2D eigenvalue weighted by atomic mass is 16.5. The van der Waals surface area contributed by atoms with Gasteiger partial charge in [-0.15, -0.1) is 0 Å². The van der Waals surface area contributed by atoms with E-state index in [4.69, 9.17) is 14.6 Å². The Hall–Kier alpha value is -3.28. The minimum Gasteiger partial charge on any atom is -0.494 e. The zero-order valence-corrected chi connectivity index (χ0v) is 17.1. The summed E-state index contributed by atoms with van der Waals surface area (Å²) in [5.74, 6) is 0.410. The summed E-state index contributed by atoms with van der Waals surface area (Å²) in [5, 5.41) is 12.1. The summed E-state index contributed by atoms with van der Waals surface area (Å²) in [6, 6.07) is 11.2. The number of hydrogen-bond donors (Lipinski definition) is 2. The summed E-state index contributed by atoms with van der Waals surface area (Å²) in [4.78, 5) is 15.3. The fourth-order valence-corrected chi connectivity index (χ4v) is 4.63. The Kier molecular flexibility index (Phi) is 4.69. The molecule has 0 unspecified atom stereocenters. The van der Waals surface area contributed by atoms with Gasteiger partial charge < -0.3 is 19.4 Å². The number of carbonyl (C=O) groups excluding carboxylic acids is 1. The number of rotatable bonds is 4. The number of aryl methyl sites for hydroxylation is 2. The van der Waals surface area contributed by atoms with Crippen LogP contribution in [0.4, 0.5) is 11.4 Å². The van der Waals surface area contributed by atoms with Crippen LogP contribution in [0.2, 0.25) is 0 Å². The van der Waals surface area contributed by atoms with Crippen LogP contribution in [0.25, 0.3) is 11.0 Å². The molecule has 0 aliphatic carbocycles. The molecule has 0 radical (unpaired) electrons. The number of benzene rings is 2. The minimum atomic E-state index is -0.345. The first-order valence-corrected chi connectivity index (χ1v) is 10.6. The monoisotopic (exact) mass is 403 g/mol. The van der Waals surface area contributed by atoms with Crippen molar-refractivity contribution in [3.05, 3.63) is 58.6 Å². The van der Waals surface area contributed by atoms with E-state index in [1.807, 2.05) is 19.1 Å². The van der Waals surface area contributed by atoms with E-state index in [0.717, 1.165) is 55.5 Å². The molecule has 2 aliphatic heterocycles. The van der Waals surface area contributed by atoms with Crippen LogP contribution in [0.1, 0.15) is 41.3 Å². The molecule has 0 saturated carbocycles. The van der Waals surface area contributed by atoms with E-state index in [9.17, 15) is 4.79 Å². The van der Waals surface area contributed by atoms with E-state index in [0.29, 0.717) is 12.3 Å². The van der Waals surface area contributed by atoms with Crippen LogP contribution >= 0.6 is 0 Å². The molecule has 154 valence electrons. The molecule has 2 N–H and O–H groups in total. The number of hydrogen-bond acceptors (Lipinski definition) is 5. The van der Waals surface area contributed by atoms with E-state index in [1.165, 1.54) is 16.8 Å². The number of carbonyl (C=O) groups is 1. The van der Waals surface area contributed by atoms with Crippen molar-refractivity contribution in [3.63, 3.8) is 0 Å². The zero-order valence-electron chi connectivity index (χ0n) is 17.1. The van der Waals surface area contributed by atoms with E-state index in [2.05, 4.69) is 16.3 Å². The molecule has 30 heavy (non-hydrogen) atoms. The van der Waals surface area contributed by atoms with E-state index < -0.39 is 0 Å². The van der Waals surface area contributed by atoms with Gasteiger partial charge in [0.05, 0.1) is 6.61 Å². The summed E-state index contributed by atoms with van der Waals surface area (Å²) < 4.78 is 11.4. The number of nitrogens with one attached hydrogen (secondary N) is 2. The van der Waals surface area contributed by atoms with Crippen LogP contribution in [-0.2, 0) is 12.8 Å². The maximum absolute atomic E-state index is 12.9. The molecule has 6 nitrogen and oxygen atoms in total. The van der Waals surface area contributed by atoms with Crippen molar-refractivity contribution in [2.75, 3.05) is 29.9 Å². The topological polar surface area (TPSA) is 78.6 Å². The summed E-state index contributed by atoms with van der Waals surface area (Å²) >= 11 is 0. The zero-order chi connectivity index (χ0) is 20.7. The van der Waals surface area contributed by atoms with Gasteiger partial charge in [0.15, 0.2) is 0 Å². The second kappa shape index (κ2) is 7.52. The molecular formula is C24H25N3O3. The molecule has 5 rings (SSSR count). The Balaban J connectivity index is 1.51. The first kappa shape index (κ1) is 18.7. The normalized spacial score (nSPS) is 15.0. The molecule has 0 saturated heterocycles.